The molecule has 0 radical (unpaired) electrons. The van der Waals surface area contributed by atoms with E-state index in [1.54, 1.807) is 14.2 Å². The second kappa shape index (κ2) is 10.3. The van der Waals surface area contributed by atoms with Gasteiger partial charge in [0.05, 0.1) is 14.2 Å². The van der Waals surface area contributed by atoms with Crippen molar-refractivity contribution in [3.8, 4) is 17.2 Å². The number of halogens is 1. The highest BCUT2D eigenvalue weighted by molar-refractivity contribution is 9.10. The van der Waals surface area contributed by atoms with E-state index in [1.165, 1.54) is 5.56 Å². The van der Waals surface area contributed by atoms with Crippen LogP contribution in [0.25, 0.3) is 0 Å². The third-order valence-electron chi connectivity index (χ3n) is 4.83. The predicted molar refractivity (Wildman–Crippen MR) is 120 cm³/mol. The predicted octanol–water partition coefficient (Wildman–Crippen LogP) is 5.64. The topological polar surface area (TPSA) is 39.7 Å². The molecule has 0 saturated carbocycles. The minimum Gasteiger partial charge on any atom is -0.496 e. The molecule has 0 aliphatic rings. The van der Waals surface area contributed by atoms with Crippen LogP contribution in [0.4, 0.5) is 0 Å². The molecule has 3 rings (SSSR count). The van der Waals surface area contributed by atoms with Gasteiger partial charge in [0, 0.05) is 28.7 Å². The number of methoxy groups -OCH3 is 2. The van der Waals surface area contributed by atoms with Crippen LogP contribution in [0.1, 0.15) is 22.3 Å². The van der Waals surface area contributed by atoms with Crippen molar-refractivity contribution in [2.45, 2.75) is 26.6 Å². The summed E-state index contributed by atoms with van der Waals surface area (Å²) < 4.78 is 18.2. The molecule has 152 valence electrons. The molecule has 0 aliphatic heterocycles. The van der Waals surface area contributed by atoms with E-state index in [1.807, 2.05) is 42.5 Å². The third-order valence-corrected chi connectivity index (χ3v) is 5.57. The highest BCUT2D eigenvalue weighted by Gasteiger charge is 2.15. The van der Waals surface area contributed by atoms with Gasteiger partial charge in [-0.2, -0.15) is 0 Å². The van der Waals surface area contributed by atoms with Crippen molar-refractivity contribution >= 4 is 15.9 Å². The van der Waals surface area contributed by atoms with Gasteiger partial charge in [-0.3, -0.25) is 0 Å². The van der Waals surface area contributed by atoms with E-state index in [2.05, 4.69) is 46.4 Å². The number of nitrogens with one attached hydrogen (secondary N) is 1. The van der Waals surface area contributed by atoms with Gasteiger partial charge in [0.15, 0.2) is 11.5 Å². The number of aryl methyl sites for hydroxylation is 1. The first kappa shape index (κ1) is 21.2. The number of para-hydroxylation sites is 1. The molecule has 3 aromatic carbocycles. The summed E-state index contributed by atoms with van der Waals surface area (Å²) in [5, 5.41) is 3.49. The number of hydrogen-bond donors (Lipinski definition) is 1. The lowest BCUT2D eigenvalue weighted by atomic mass is 10.1. The standard InChI is InChI=1S/C24H26BrNO3/c1-17-8-4-5-10-19(17)16-29-24-20(21(25)12-13-23(24)28-3)15-26-14-18-9-6-7-11-22(18)27-2/h4-13,26H,14-16H2,1-3H3. The summed E-state index contributed by atoms with van der Waals surface area (Å²) in [5.74, 6) is 2.34. The Morgan fingerprint density at radius 1 is 0.793 bits per heavy atom. The Balaban J connectivity index is 1.77. The lowest BCUT2D eigenvalue weighted by Gasteiger charge is -2.18. The minimum atomic E-state index is 0.485. The van der Waals surface area contributed by atoms with E-state index >= 15 is 0 Å². The van der Waals surface area contributed by atoms with Crippen LogP contribution in [0.2, 0.25) is 0 Å². The highest BCUT2D eigenvalue weighted by Crippen LogP contribution is 2.37. The Bertz CT molecular complexity index is 959. The smallest absolute Gasteiger partial charge is 0.167 e. The highest BCUT2D eigenvalue weighted by atomic mass is 79.9. The molecule has 0 aliphatic carbocycles. The molecule has 0 heterocycles. The Hall–Kier alpha value is -2.50. The lowest BCUT2D eigenvalue weighted by Crippen LogP contribution is -2.15. The van der Waals surface area contributed by atoms with Crippen LogP contribution in [0.3, 0.4) is 0 Å². The molecule has 3 aromatic rings. The Labute approximate surface area is 180 Å². The SMILES string of the molecule is COc1ccccc1CNCc1c(Br)ccc(OC)c1OCc1ccccc1C. The van der Waals surface area contributed by atoms with Crippen molar-refractivity contribution in [3.05, 3.63) is 87.4 Å². The summed E-state index contributed by atoms with van der Waals surface area (Å²) >= 11 is 3.67. The first-order chi connectivity index (χ1) is 14.1. The van der Waals surface area contributed by atoms with E-state index < -0.39 is 0 Å². The zero-order chi connectivity index (χ0) is 20.6. The van der Waals surface area contributed by atoms with Gasteiger partial charge in [-0.1, -0.05) is 58.4 Å². The first-order valence-electron chi connectivity index (χ1n) is 9.49. The van der Waals surface area contributed by atoms with Gasteiger partial charge in [0.25, 0.3) is 0 Å². The van der Waals surface area contributed by atoms with Gasteiger partial charge in [-0.15, -0.1) is 0 Å². The second-order valence-corrected chi connectivity index (χ2v) is 7.54. The summed E-state index contributed by atoms with van der Waals surface area (Å²) in [7, 11) is 3.35. The van der Waals surface area contributed by atoms with E-state index in [0.29, 0.717) is 19.7 Å². The maximum atomic E-state index is 6.23. The van der Waals surface area contributed by atoms with Crippen LogP contribution < -0.4 is 19.5 Å². The number of hydrogen-bond acceptors (Lipinski definition) is 4. The van der Waals surface area contributed by atoms with Crippen molar-refractivity contribution in [2.75, 3.05) is 14.2 Å². The first-order valence-corrected chi connectivity index (χ1v) is 10.3. The summed E-state index contributed by atoms with van der Waals surface area (Å²) in [4.78, 5) is 0. The van der Waals surface area contributed by atoms with Gasteiger partial charge < -0.3 is 19.5 Å². The average Bonchev–Trinajstić information content (AvgIpc) is 2.75. The molecule has 0 spiro atoms. The van der Waals surface area contributed by atoms with Crippen LogP contribution in [-0.4, -0.2) is 14.2 Å². The van der Waals surface area contributed by atoms with Crippen LogP contribution in [-0.2, 0) is 19.7 Å². The van der Waals surface area contributed by atoms with Crippen LogP contribution in [0, 0.1) is 6.92 Å². The fraction of sp³-hybridized carbons (Fsp3) is 0.250. The summed E-state index contributed by atoms with van der Waals surface area (Å²) in [6.45, 7) is 3.88. The van der Waals surface area contributed by atoms with Crippen LogP contribution in [0.5, 0.6) is 17.2 Å². The minimum absolute atomic E-state index is 0.485. The van der Waals surface area contributed by atoms with E-state index in [-0.39, 0.29) is 0 Å². The molecule has 29 heavy (non-hydrogen) atoms. The zero-order valence-corrected chi connectivity index (χ0v) is 18.6. The molecule has 0 fully saturated rings. The Morgan fingerprint density at radius 2 is 1.48 bits per heavy atom. The van der Waals surface area contributed by atoms with Gasteiger partial charge in [-0.25, -0.2) is 0 Å². The van der Waals surface area contributed by atoms with E-state index in [0.717, 1.165) is 38.4 Å². The van der Waals surface area contributed by atoms with Gasteiger partial charge in [0.2, 0.25) is 0 Å². The summed E-state index contributed by atoms with van der Waals surface area (Å²) in [6.07, 6.45) is 0. The molecular formula is C24H26BrNO3. The second-order valence-electron chi connectivity index (χ2n) is 6.69. The molecule has 0 atom stereocenters. The quantitative estimate of drug-likeness (QED) is 0.452. The monoisotopic (exact) mass is 455 g/mol. The Kier molecular flexibility index (Phi) is 7.55. The van der Waals surface area contributed by atoms with E-state index in [4.69, 9.17) is 14.2 Å². The molecular weight excluding hydrogens is 430 g/mol. The van der Waals surface area contributed by atoms with Crippen molar-refractivity contribution in [1.82, 2.24) is 5.32 Å². The Morgan fingerprint density at radius 3 is 2.21 bits per heavy atom. The fourth-order valence-electron chi connectivity index (χ4n) is 3.16. The fourth-order valence-corrected chi connectivity index (χ4v) is 3.61. The molecule has 5 heteroatoms. The van der Waals surface area contributed by atoms with E-state index in [9.17, 15) is 0 Å². The normalized spacial score (nSPS) is 10.6. The number of ether oxygens (including phenoxy) is 3. The van der Waals surface area contributed by atoms with Crippen LogP contribution in [0.15, 0.2) is 65.1 Å². The molecule has 0 saturated heterocycles. The molecule has 0 unspecified atom stereocenters. The van der Waals surface area contributed by atoms with Gasteiger partial charge in [0.1, 0.15) is 12.4 Å². The number of rotatable bonds is 9. The van der Waals surface area contributed by atoms with Crippen molar-refractivity contribution in [1.29, 1.82) is 0 Å². The van der Waals surface area contributed by atoms with Crippen molar-refractivity contribution < 1.29 is 14.2 Å². The van der Waals surface area contributed by atoms with Crippen LogP contribution >= 0.6 is 15.9 Å². The largest absolute Gasteiger partial charge is 0.496 e. The molecule has 0 amide bonds. The molecule has 1 N–H and O–H groups in total. The lowest BCUT2D eigenvalue weighted by molar-refractivity contribution is 0.279. The van der Waals surface area contributed by atoms with Gasteiger partial charge in [-0.05, 0) is 36.2 Å². The zero-order valence-electron chi connectivity index (χ0n) is 17.0. The van der Waals surface area contributed by atoms with Crippen molar-refractivity contribution in [3.63, 3.8) is 0 Å². The molecule has 0 aromatic heterocycles. The molecule has 4 nitrogen and oxygen atoms in total. The van der Waals surface area contributed by atoms with Crippen molar-refractivity contribution in [2.24, 2.45) is 0 Å². The summed E-state index contributed by atoms with van der Waals surface area (Å²) in [5.41, 5.74) is 4.49. The number of benzene rings is 3. The summed E-state index contributed by atoms with van der Waals surface area (Å²) in [6, 6.07) is 20.1. The third kappa shape index (κ3) is 5.31. The average molecular weight is 456 g/mol. The maximum absolute atomic E-state index is 6.23. The maximum Gasteiger partial charge on any atom is 0.167 e. The van der Waals surface area contributed by atoms with Gasteiger partial charge >= 0.3 is 0 Å². The molecule has 0 bridgehead atoms.